The van der Waals surface area contributed by atoms with Crippen molar-refractivity contribution in [1.29, 1.82) is 0 Å². The molecular weight excluding hydrogens is 388 g/mol. The highest BCUT2D eigenvalue weighted by molar-refractivity contribution is 6.15. The molecule has 0 radical (unpaired) electrons. The number of hydrogen-bond acceptors (Lipinski definition) is 0. The molecule has 6 rings (SSSR count). The van der Waals surface area contributed by atoms with Gasteiger partial charge in [-0.05, 0) is 36.1 Å². The van der Waals surface area contributed by atoms with Gasteiger partial charge in [-0.25, -0.2) is 0 Å². The highest BCUT2D eigenvalue weighted by Crippen LogP contribution is 2.46. The van der Waals surface area contributed by atoms with Crippen molar-refractivity contribution in [2.75, 3.05) is 0 Å². The van der Waals surface area contributed by atoms with Gasteiger partial charge in [-0.3, -0.25) is 0 Å². The van der Waals surface area contributed by atoms with Crippen LogP contribution in [0.15, 0.2) is 97.1 Å². The van der Waals surface area contributed by atoms with E-state index in [1.54, 1.807) is 0 Å². The smallest absolute Gasteiger partial charge is 0.0545 e. The molecule has 0 bridgehead atoms. The summed E-state index contributed by atoms with van der Waals surface area (Å²) in [6.07, 6.45) is 0. The van der Waals surface area contributed by atoms with E-state index in [1.165, 1.54) is 55.2 Å². The molecule has 0 saturated carbocycles. The summed E-state index contributed by atoms with van der Waals surface area (Å²) in [6.45, 7) is 4.35. The largest absolute Gasteiger partial charge is 0.354 e. The second-order valence-corrected chi connectivity index (χ2v) is 8.48. The Morgan fingerprint density at radius 3 is 1.25 bits per heavy atom. The van der Waals surface area contributed by atoms with Gasteiger partial charge in [0.25, 0.3) is 0 Å². The molecule has 0 amide bonds. The second kappa shape index (κ2) is 7.28. The van der Waals surface area contributed by atoms with Gasteiger partial charge in [0.2, 0.25) is 0 Å². The van der Waals surface area contributed by atoms with Crippen LogP contribution in [-0.2, 0) is 0 Å². The van der Waals surface area contributed by atoms with E-state index >= 15 is 0 Å². The maximum absolute atomic E-state index is 3.78. The standard InChI is InChI=1S/C30H24N2/c1-19-11-9-17-23-25(29(31-27(19)23)21-13-5-3-6-14-21)26-24-18-10-12-20(2)28(24)32-30(26)22-15-7-4-8-16-22/h3-18,31-32H,1-2H3. The van der Waals surface area contributed by atoms with Gasteiger partial charge >= 0.3 is 0 Å². The minimum absolute atomic E-state index is 1.16. The lowest BCUT2D eigenvalue weighted by molar-refractivity contribution is 1.40. The minimum atomic E-state index is 1.16. The Kier molecular flexibility index (Phi) is 4.26. The fraction of sp³-hybridized carbons (Fsp3) is 0.0667. The van der Waals surface area contributed by atoms with Crippen molar-refractivity contribution in [2.45, 2.75) is 13.8 Å². The zero-order valence-electron chi connectivity index (χ0n) is 18.2. The van der Waals surface area contributed by atoms with Crippen molar-refractivity contribution in [2.24, 2.45) is 0 Å². The van der Waals surface area contributed by atoms with Crippen LogP contribution in [0.4, 0.5) is 0 Å². The van der Waals surface area contributed by atoms with Crippen LogP contribution < -0.4 is 0 Å². The Morgan fingerprint density at radius 2 is 0.844 bits per heavy atom. The molecule has 0 aliphatic heterocycles. The van der Waals surface area contributed by atoms with Crippen LogP contribution in [0.3, 0.4) is 0 Å². The summed E-state index contributed by atoms with van der Waals surface area (Å²) < 4.78 is 0. The van der Waals surface area contributed by atoms with Crippen molar-refractivity contribution < 1.29 is 0 Å². The summed E-state index contributed by atoms with van der Waals surface area (Å²) in [5, 5.41) is 2.51. The molecule has 2 heteroatoms. The van der Waals surface area contributed by atoms with Gasteiger partial charge in [-0.2, -0.15) is 0 Å². The Labute approximate surface area is 187 Å². The van der Waals surface area contributed by atoms with Gasteiger partial charge in [0, 0.05) is 32.9 Å². The molecule has 0 atom stereocenters. The first-order chi connectivity index (χ1) is 15.7. The highest BCUT2D eigenvalue weighted by Gasteiger charge is 2.23. The molecule has 0 spiro atoms. The SMILES string of the molecule is Cc1cccc2c(-c3c(-c4ccccc4)[nH]c4c(C)cccc34)c(-c3ccccc3)[nH]c12. The summed E-state index contributed by atoms with van der Waals surface area (Å²) >= 11 is 0. The fourth-order valence-electron chi connectivity index (χ4n) is 4.89. The highest BCUT2D eigenvalue weighted by atomic mass is 14.8. The monoisotopic (exact) mass is 412 g/mol. The predicted molar refractivity (Wildman–Crippen MR) is 136 cm³/mol. The molecule has 4 aromatic carbocycles. The lowest BCUT2D eigenvalue weighted by atomic mass is 9.93. The first-order valence-electron chi connectivity index (χ1n) is 11.1. The lowest BCUT2D eigenvalue weighted by Crippen LogP contribution is -1.86. The number of aromatic amines is 2. The number of nitrogens with one attached hydrogen (secondary N) is 2. The quantitative estimate of drug-likeness (QED) is 0.293. The molecule has 2 heterocycles. The third-order valence-corrected chi connectivity index (χ3v) is 6.46. The third kappa shape index (κ3) is 2.80. The Morgan fingerprint density at radius 1 is 0.438 bits per heavy atom. The van der Waals surface area contributed by atoms with Gasteiger partial charge in [0.1, 0.15) is 0 Å². The van der Waals surface area contributed by atoms with E-state index in [1.807, 2.05) is 0 Å². The summed E-state index contributed by atoms with van der Waals surface area (Å²) in [5.74, 6) is 0. The predicted octanol–water partition coefficient (Wildman–Crippen LogP) is 8.27. The average molecular weight is 413 g/mol. The molecule has 2 aromatic heterocycles. The number of fused-ring (bicyclic) bond motifs is 2. The van der Waals surface area contributed by atoms with E-state index in [0.717, 1.165) is 11.4 Å². The first kappa shape index (κ1) is 18.7. The Balaban J connectivity index is 1.80. The minimum Gasteiger partial charge on any atom is -0.354 e. The molecule has 32 heavy (non-hydrogen) atoms. The third-order valence-electron chi connectivity index (χ3n) is 6.46. The van der Waals surface area contributed by atoms with E-state index in [4.69, 9.17) is 0 Å². The lowest BCUT2D eigenvalue weighted by Gasteiger charge is -2.09. The maximum Gasteiger partial charge on any atom is 0.0545 e. The van der Waals surface area contributed by atoms with Gasteiger partial charge in [0.05, 0.1) is 11.4 Å². The van der Waals surface area contributed by atoms with E-state index in [0.29, 0.717) is 0 Å². The molecular formula is C30H24N2. The number of hydrogen-bond donors (Lipinski definition) is 2. The van der Waals surface area contributed by atoms with E-state index in [9.17, 15) is 0 Å². The molecule has 0 aliphatic rings. The van der Waals surface area contributed by atoms with Crippen LogP contribution in [-0.4, -0.2) is 9.97 Å². The zero-order valence-corrected chi connectivity index (χ0v) is 18.2. The van der Waals surface area contributed by atoms with E-state index < -0.39 is 0 Å². The van der Waals surface area contributed by atoms with Crippen LogP contribution in [0.5, 0.6) is 0 Å². The topological polar surface area (TPSA) is 31.6 Å². The number of aromatic nitrogens is 2. The van der Waals surface area contributed by atoms with Crippen LogP contribution >= 0.6 is 0 Å². The molecule has 0 saturated heterocycles. The first-order valence-corrected chi connectivity index (χ1v) is 11.1. The molecule has 154 valence electrons. The Bertz CT molecular complexity index is 1450. The zero-order chi connectivity index (χ0) is 21.7. The van der Waals surface area contributed by atoms with Crippen LogP contribution in [0.25, 0.3) is 55.4 Å². The van der Waals surface area contributed by atoms with Gasteiger partial charge in [-0.15, -0.1) is 0 Å². The van der Waals surface area contributed by atoms with Crippen LogP contribution in [0, 0.1) is 13.8 Å². The summed E-state index contributed by atoms with van der Waals surface area (Å²) in [6, 6.07) is 34.5. The maximum atomic E-state index is 3.78. The average Bonchev–Trinajstić information content (AvgIpc) is 3.40. The second-order valence-electron chi connectivity index (χ2n) is 8.48. The normalized spacial score (nSPS) is 11.4. The molecule has 2 N–H and O–H groups in total. The fourth-order valence-corrected chi connectivity index (χ4v) is 4.89. The van der Waals surface area contributed by atoms with Crippen molar-refractivity contribution in [3.05, 3.63) is 108 Å². The van der Waals surface area contributed by atoms with Crippen LogP contribution in [0.2, 0.25) is 0 Å². The number of aryl methyl sites for hydroxylation is 2. The molecule has 0 fully saturated rings. The molecule has 2 nitrogen and oxygen atoms in total. The summed E-state index contributed by atoms with van der Waals surface area (Å²) in [7, 11) is 0. The molecule has 0 aliphatic carbocycles. The van der Waals surface area contributed by atoms with Gasteiger partial charge < -0.3 is 9.97 Å². The van der Waals surface area contributed by atoms with Crippen molar-refractivity contribution in [3.8, 4) is 33.6 Å². The van der Waals surface area contributed by atoms with Crippen molar-refractivity contribution in [1.82, 2.24) is 9.97 Å². The summed E-state index contributed by atoms with van der Waals surface area (Å²) in [4.78, 5) is 7.56. The van der Waals surface area contributed by atoms with Crippen LogP contribution in [0.1, 0.15) is 11.1 Å². The van der Waals surface area contributed by atoms with Crippen molar-refractivity contribution >= 4 is 21.8 Å². The number of benzene rings is 4. The van der Waals surface area contributed by atoms with E-state index in [2.05, 4.69) is 121 Å². The van der Waals surface area contributed by atoms with E-state index in [-0.39, 0.29) is 0 Å². The van der Waals surface area contributed by atoms with Gasteiger partial charge in [-0.1, -0.05) is 97.1 Å². The van der Waals surface area contributed by atoms with Crippen molar-refractivity contribution in [3.63, 3.8) is 0 Å². The summed E-state index contributed by atoms with van der Waals surface area (Å²) in [5.41, 5.74) is 12.1. The molecule has 6 aromatic rings. The van der Waals surface area contributed by atoms with Gasteiger partial charge in [0.15, 0.2) is 0 Å². The number of para-hydroxylation sites is 2. The molecule has 0 unspecified atom stereocenters. The number of H-pyrrole nitrogens is 2. The Hall–Kier alpha value is -4.04. The number of rotatable bonds is 3.